The highest BCUT2D eigenvalue weighted by molar-refractivity contribution is 6.53. The van der Waals surface area contributed by atoms with Crippen LogP contribution in [0.25, 0.3) is 0 Å². The van der Waals surface area contributed by atoms with Crippen molar-refractivity contribution >= 4 is 6.89 Å². The van der Waals surface area contributed by atoms with Crippen molar-refractivity contribution in [2.75, 3.05) is 39.5 Å². The number of hydrogen-bond donors (Lipinski definition) is 0. The van der Waals surface area contributed by atoms with E-state index in [1.807, 2.05) is 0 Å². The molecule has 1 rings (SSSR count). The molecule has 138 valence electrons. The summed E-state index contributed by atoms with van der Waals surface area (Å²) in [5.41, 5.74) is 0. The first-order valence-electron chi connectivity index (χ1n) is 9.82. The summed E-state index contributed by atoms with van der Waals surface area (Å²) in [5, 5.41) is 0. The van der Waals surface area contributed by atoms with E-state index >= 15 is 0 Å². The van der Waals surface area contributed by atoms with Crippen molar-refractivity contribution in [2.45, 2.75) is 67.2 Å². The molecule has 0 spiro atoms. The summed E-state index contributed by atoms with van der Waals surface area (Å²) in [6.07, 6.45) is 4.80. The van der Waals surface area contributed by atoms with Gasteiger partial charge in [0.05, 0.1) is 13.2 Å². The van der Waals surface area contributed by atoms with E-state index in [1.165, 1.54) is 25.7 Å². The fraction of sp³-hybridized carbons (Fsp3) is 1.00. The quantitative estimate of drug-likeness (QED) is 0.502. The van der Waals surface area contributed by atoms with Crippen molar-refractivity contribution < 1.29 is 18.4 Å². The molecule has 0 atom stereocenters. The predicted molar refractivity (Wildman–Crippen MR) is 98.0 cm³/mol. The minimum Gasteiger partial charge on any atom is -0.485 e. The average molecular weight is 329 g/mol. The van der Waals surface area contributed by atoms with Crippen LogP contribution in [0.5, 0.6) is 0 Å². The first-order chi connectivity index (χ1) is 10.9. The summed E-state index contributed by atoms with van der Waals surface area (Å²) in [7, 11) is 0. The molecule has 0 aromatic carbocycles. The Morgan fingerprint density at radius 3 is 1.78 bits per heavy atom. The lowest BCUT2D eigenvalue weighted by molar-refractivity contribution is -0.845. The van der Waals surface area contributed by atoms with Crippen LogP contribution in [0.2, 0.25) is 0 Å². The van der Waals surface area contributed by atoms with E-state index in [0.29, 0.717) is 25.0 Å². The second-order valence-corrected chi connectivity index (χ2v) is 8.03. The van der Waals surface area contributed by atoms with Crippen LogP contribution in [0.4, 0.5) is 0 Å². The van der Waals surface area contributed by atoms with Crippen LogP contribution < -0.4 is 0 Å². The number of hydrogen-bond acceptors (Lipinski definition) is 3. The maximum atomic E-state index is 6.40. The molecule has 1 heterocycles. The first kappa shape index (κ1) is 20.9. The van der Waals surface area contributed by atoms with Gasteiger partial charge in [0, 0.05) is 26.3 Å². The van der Waals surface area contributed by atoms with Crippen molar-refractivity contribution in [1.82, 2.24) is 0 Å². The SMILES string of the molecule is CCCC[N+]1(CCCC)CCO[B-]1(OCC(C)C)OCC(C)C. The summed E-state index contributed by atoms with van der Waals surface area (Å²) in [5.74, 6) is 0.972. The summed E-state index contributed by atoms with van der Waals surface area (Å²) >= 11 is 0. The van der Waals surface area contributed by atoms with Gasteiger partial charge in [0.1, 0.15) is 0 Å². The summed E-state index contributed by atoms with van der Waals surface area (Å²) in [4.78, 5) is 0. The van der Waals surface area contributed by atoms with E-state index in [0.717, 1.165) is 30.6 Å². The van der Waals surface area contributed by atoms with Crippen LogP contribution in [-0.4, -0.2) is 50.7 Å². The Hall–Kier alpha value is -0.0951. The molecule has 0 radical (unpaired) electrons. The molecule has 5 heteroatoms. The molecule has 1 saturated heterocycles. The second-order valence-electron chi connectivity index (χ2n) is 8.03. The van der Waals surface area contributed by atoms with Crippen molar-refractivity contribution in [3.8, 4) is 0 Å². The van der Waals surface area contributed by atoms with Gasteiger partial charge in [-0.3, -0.25) is 0 Å². The standard InChI is InChI=1S/C18H40BNO3/c1-7-9-11-20(12-10-8-2)13-14-21-19(20,22-15-17(3)4)23-16-18(5)6/h17-18H,7-16H2,1-6H3. The lowest BCUT2D eigenvalue weighted by atomic mass is 9.86. The van der Waals surface area contributed by atoms with Gasteiger partial charge in [0.15, 0.2) is 0 Å². The zero-order chi connectivity index (χ0) is 17.3. The Labute approximate surface area is 144 Å². The van der Waals surface area contributed by atoms with Crippen molar-refractivity contribution in [3.05, 3.63) is 0 Å². The molecular formula is C18H40BNO3. The highest BCUT2D eigenvalue weighted by Crippen LogP contribution is 2.33. The molecule has 0 saturated carbocycles. The maximum Gasteiger partial charge on any atom is 0.625 e. The summed E-state index contributed by atoms with van der Waals surface area (Å²) in [6.45, 7) is 17.0. The van der Waals surface area contributed by atoms with E-state index in [-0.39, 0.29) is 0 Å². The fourth-order valence-corrected chi connectivity index (χ4v) is 3.39. The number of nitrogens with zero attached hydrogens (tertiary/aromatic N) is 1. The number of rotatable bonds is 12. The first-order valence-corrected chi connectivity index (χ1v) is 9.82. The Bertz CT molecular complexity index is 303. The van der Waals surface area contributed by atoms with Crippen LogP contribution >= 0.6 is 0 Å². The molecular weight excluding hydrogens is 289 g/mol. The smallest absolute Gasteiger partial charge is 0.485 e. The zero-order valence-electron chi connectivity index (χ0n) is 16.5. The Balaban J connectivity index is 3.01. The molecule has 0 aromatic rings. The van der Waals surface area contributed by atoms with Gasteiger partial charge >= 0.3 is 6.89 Å². The summed E-state index contributed by atoms with van der Waals surface area (Å²) in [6, 6.07) is 0. The highest BCUT2D eigenvalue weighted by Gasteiger charge is 2.57. The fourth-order valence-electron chi connectivity index (χ4n) is 3.39. The summed E-state index contributed by atoms with van der Waals surface area (Å²) < 4.78 is 19.9. The monoisotopic (exact) mass is 329 g/mol. The molecule has 4 nitrogen and oxygen atoms in total. The van der Waals surface area contributed by atoms with Crippen LogP contribution in [-0.2, 0) is 14.0 Å². The van der Waals surface area contributed by atoms with E-state index in [9.17, 15) is 0 Å². The molecule has 0 bridgehead atoms. The lowest BCUT2D eigenvalue weighted by Crippen LogP contribution is -2.70. The third kappa shape index (κ3) is 5.73. The van der Waals surface area contributed by atoms with Crippen LogP contribution in [0.15, 0.2) is 0 Å². The Morgan fingerprint density at radius 2 is 1.39 bits per heavy atom. The van der Waals surface area contributed by atoms with E-state index < -0.39 is 6.89 Å². The van der Waals surface area contributed by atoms with Gasteiger partial charge in [-0.25, -0.2) is 0 Å². The molecule has 0 aliphatic carbocycles. The molecule has 0 aromatic heterocycles. The predicted octanol–water partition coefficient (Wildman–Crippen LogP) is 4.21. The number of unbranched alkanes of at least 4 members (excludes halogenated alkanes) is 2. The van der Waals surface area contributed by atoms with Crippen molar-refractivity contribution in [3.63, 3.8) is 0 Å². The normalized spacial score (nSPS) is 19.8. The van der Waals surface area contributed by atoms with Crippen LogP contribution in [0.1, 0.15) is 67.2 Å². The van der Waals surface area contributed by atoms with E-state index in [1.54, 1.807) is 0 Å². The Morgan fingerprint density at radius 1 is 0.913 bits per heavy atom. The van der Waals surface area contributed by atoms with Gasteiger partial charge in [-0.15, -0.1) is 0 Å². The number of quaternary nitrogens is 1. The molecule has 0 unspecified atom stereocenters. The van der Waals surface area contributed by atoms with Gasteiger partial charge in [0.25, 0.3) is 0 Å². The van der Waals surface area contributed by atoms with Gasteiger partial charge in [-0.2, -0.15) is 0 Å². The van der Waals surface area contributed by atoms with Gasteiger partial charge in [-0.05, 0) is 24.7 Å². The molecule has 0 amide bonds. The minimum atomic E-state index is -1.69. The van der Waals surface area contributed by atoms with Crippen molar-refractivity contribution in [1.29, 1.82) is 0 Å². The zero-order valence-corrected chi connectivity index (χ0v) is 16.5. The second kappa shape index (κ2) is 10.0. The van der Waals surface area contributed by atoms with Gasteiger partial charge in [-0.1, -0.05) is 54.4 Å². The lowest BCUT2D eigenvalue weighted by Gasteiger charge is -2.52. The third-order valence-corrected chi connectivity index (χ3v) is 4.73. The molecule has 1 aliphatic heterocycles. The molecule has 0 N–H and O–H groups in total. The van der Waals surface area contributed by atoms with Crippen LogP contribution in [0, 0.1) is 11.8 Å². The average Bonchev–Trinajstić information content (AvgIpc) is 2.86. The van der Waals surface area contributed by atoms with Gasteiger partial charge in [0.2, 0.25) is 0 Å². The van der Waals surface area contributed by atoms with E-state index in [4.69, 9.17) is 14.0 Å². The third-order valence-electron chi connectivity index (χ3n) is 4.73. The van der Waals surface area contributed by atoms with Crippen LogP contribution in [0.3, 0.4) is 0 Å². The minimum absolute atomic E-state index is 0.486. The molecule has 1 aliphatic rings. The van der Waals surface area contributed by atoms with E-state index in [2.05, 4.69) is 41.5 Å². The molecule has 23 heavy (non-hydrogen) atoms. The largest absolute Gasteiger partial charge is 0.625 e. The van der Waals surface area contributed by atoms with Gasteiger partial charge < -0.3 is 18.4 Å². The topological polar surface area (TPSA) is 27.7 Å². The maximum absolute atomic E-state index is 6.40. The Kier molecular flexibility index (Phi) is 9.13. The van der Waals surface area contributed by atoms with Crippen molar-refractivity contribution in [2.24, 2.45) is 11.8 Å². The molecule has 1 fully saturated rings. The highest BCUT2D eigenvalue weighted by atomic mass is 16.8.